The zero-order chi connectivity index (χ0) is 16.7. The molecular formula is C19H19NO3. The van der Waals surface area contributed by atoms with Gasteiger partial charge in [-0.3, -0.25) is 4.79 Å². The number of hydrogen-bond donors (Lipinski definition) is 1. The molecule has 0 saturated carbocycles. The van der Waals surface area contributed by atoms with E-state index in [9.17, 15) is 9.59 Å². The highest BCUT2D eigenvalue weighted by molar-refractivity contribution is 6.09. The van der Waals surface area contributed by atoms with Gasteiger partial charge in [-0.05, 0) is 37.6 Å². The zero-order valence-electron chi connectivity index (χ0n) is 13.2. The van der Waals surface area contributed by atoms with Gasteiger partial charge in [0.2, 0.25) is 0 Å². The molecule has 0 aliphatic carbocycles. The van der Waals surface area contributed by atoms with Gasteiger partial charge in [-0.1, -0.05) is 42.5 Å². The molecule has 0 bridgehead atoms. The van der Waals surface area contributed by atoms with Crippen molar-refractivity contribution in [3.63, 3.8) is 0 Å². The number of para-hydroxylation sites is 1. The van der Waals surface area contributed by atoms with Crippen molar-refractivity contribution < 1.29 is 14.3 Å². The van der Waals surface area contributed by atoms with Gasteiger partial charge in [0.05, 0.1) is 17.9 Å². The fourth-order valence-corrected chi connectivity index (χ4v) is 2.06. The zero-order valence-corrected chi connectivity index (χ0v) is 13.2. The van der Waals surface area contributed by atoms with Crippen molar-refractivity contribution in [3.05, 3.63) is 71.3 Å². The minimum Gasteiger partial charge on any atom is -0.462 e. The number of nitrogens with one attached hydrogen (secondary N) is 1. The third-order valence-electron chi connectivity index (χ3n) is 3.21. The molecule has 118 valence electrons. The number of hydrogen-bond acceptors (Lipinski definition) is 3. The third kappa shape index (κ3) is 4.54. The largest absolute Gasteiger partial charge is 0.462 e. The molecule has 1 amide bonds. The summed E-state index contributed by atoms with van der Waals surface area (Å²) in [6.45, 7) is 3.76. The highest BCUT2D eigenvalue weighted by Gasteiger charge is 2.14. The Morgan fingerprint density at radius 1 is 1.04 bits per heavy atom. The predicted molar refractivity (Wildman–Crippen MR) is 91.1 cm³/mol. The number of carbonyl (C=O) groups is 2. The topological polar surface area (TPSA) is 55.4 Å². The Morgan fingerprint density at radius 3 is 2.39 bits per heavy atom. The molecule has 0 radical (unpaired) electrons. The smallest absolute Gasteiger partial charge is 0.340 e. The molecule has 2 rings (SSSR count). The molecule has 0 spiro atoms. The van der Waals surface area contributed by atoms with E-state index in [1.54, 1.807) is 44.2 Å². The first-order valence-corrected chi connectivity index (χ1v) is 7.42. The number of amides is 1. The van der Waals surface area contributed by atoms with Crippen molar-refractivity contribution in [3.8, 4) is 0 Å². The number of ether oxygens (including phenoxy) is 1. The van der Waals surface area contributed by atoms with Gasteiger partial charge < -0.3 is 10.1 Å². The predicted octanol–water partition coefficient (Wildman–Crippen LogP) is 3.91. The summed E-state index contributed by atoms with van der Waals surface area (Å²) in [5, 5.41) is 2.76. The molecule has 0 heterocycles. The van der Waals surface area contributed by atoms with E-state index >= 15 is 0 Å². The van der Waals surface area contributed by atoms with E-state index in [1.807, 2.05) is 30.3 Å². The Morgan fingerprint density at radius 2 is 1.70 bits per heavy atom. The second kappa shape index (κ2) is 7.94. The first-order valence-electron chi connectivity index (χ1n) is 7.42. The maximum atomic E-state index is 12.3. The fraction of sp³-hybridized carbons (Fsp3) is 0.158. The van der Waals surface area contributed by atoms with Crippen LogP contribution in [-0.4, -0.2) is 18.5 Å². The van der Waals surface area contributed by atoms with Crippen LogP contribution in [0.1, 0.15) is 29.8 Å². The molecule has 0 saturated heterocycles. The minimum atomic E-state index is -0.451. The van der Waals surface area contributed by atoms with Crippen molar-refractivity contribution in [2.24, 2.45) is 0 Å². The van der Waals surface area contributed by atoms with E-state index in [2.05, 4.69) is 5.32 Å². The lowest BCUT2D eigenvalue weighted by Gasteiger charge is -2.10. The van der Waals surface area contributed by atoms with Gasteiger partial charge in [0.15, 0.2) is 0 Å². The summed E-state index contributed by atoms with van der Waals surface area (Å²) in [4.78, 5) is 24.2. The summed E-state index contributed by atoms with van der Waals surface area (Å²) >= 11 is 0. The van der Waals surface area contributed by atoms with Crippen LogP contribution in [0.5, 0.6) is 0 Å². The van der Waals surface area contributed by atoms with Crippen LogP contribution in [0.3, 0.4) is 0 Å². The Hall–Kier alpha value is -2.88. The molecular weight excluding hydrogens is 290 g/mol. The standard InChI is InChI=1S/C19H19NO3/c1-3-23-19(22)16-11-7-8-12-17(16)20-18(21)14(2)13-15-9-5-4-6-10-15/h4-13H,3H2,1-2H3,(H,20,21)/b14-13+. The summed E-state index contributed by atoms with van der Waals surface area (Å²) in [7, 11) is 0. The van der Waals surface area contributed by atoms with Crippen LogP contribution in [0, 0.1) is 0 Å². The molecule has 23 heavy (non-hydrogen) atoms. The van der Waals surface area contributed by atoms with Crippen molar-refractivity contribution >= 4 is 23.6 Å². The van der Waals surface area contributed by atoms with Gasteiger partial charge in [-0.2, -0.15) is 0 Å². The highest BCUT2D eigenvalue weighted by atomic mass is 16.5. The lowest BCUT2D eigenvalue weighted by Crippen LogP contribution is -2.16. The average molecular weight is 309 g/mol. The molecule has 0 aromatic heterocycles. The molecule has 0 aliphatic heterocycles. The summed E-state index contributed by atoms with van der Waals surface area (Å²) in [5.74, 6) is -0.710. The highest BCUT2D eigenvalue weighted by Crippen LogP contribution is 2.17. The summed E-state index contributed by atoms with van der Waals surface area (Å²) in [6, 6.07) is 16.4. The van der Waals surface area contributed by atoms with E-state index in [0.29, 0.717) is 16.8 Å². The Labute approximate surface area is 135 Å². The van der Waals surface area contributed by atoms with Crippen LogP contribution >= 0.6 is 0 Å². The molecule has 2 aromatic rings. The summed E-state index contributed by atoms with van der Waals surface area (Å²) < 4.78 is 5.00. The minimum absolute atomic E-state index is 0.259. The normalized spacial score (nSPS) is 11.0. The molecule has 4 heteroatoms. The van der Waals surface area contributed by atoms with Crippen molar-refractivity contribution in [1.82, 2.24) is 0 Å². The second-order valence-electron chi connectivity index (χ2n) is 4.96. The molecule has 0 unspecified atom stereocenters. The first-order chi connectivity index (χ1) is 11.1. The number of anilines is 1. The molecule has 4 nitrogen and oxygen atoms in total. The SMILES string of the molecule is CCOC(=O)c1ccccc1NC(=O)/C(C)=C/c1ccccc1. The third-order valence-corrected chi connectivity index (χ3v) is 3.21. The molecule has 0 fully saturated rings. The van der Waals surface area contributed by atoms with E-state index in [-0.39, 0.29) is 12.5 Å². The Balaban J connectivity index is 2.17. The van der Waals surface area contributed by atoms with Crippen LogP contribution in [0.2, 0.25) is 0 Å². The van der Waals surface area contributed by atoms with Crippen molar-refractivity contribution in [1.29, 1.82) is 0 Å². The van der Waals surface area contributed by atoms with Gasteiger partial charge in [-0.15, -0.1) is 0 Å². The van der Waals surface area contributed by atoms with Crippen molar-refractivity contribution in [2.75, 3.05) is 11.9 Å². The van der Waals surface area contributed by atoms with E-state index in [4.69, 9.17) is 4.74 Å². The van der Waals surface area contributed by atoms with E-state index in [0.717, 1.165) is 5.56 Å². The lowest BCUT2D eigenvalue weighted by atomic mass is 10.1. The van der Waals surface area contributed by atoms with Crippen molar-refractivity contribution in [2.45, 2.75) is 13.8 Å². The van der Waals surface area contributed by atoms with Crippen LogP contribution in [0.4, 0.5) is 5.69 Å². The number of esters is 1. The van der Waals surface area contributed by atoms with Crippen LogP contribution < -0.4 is 5.32 Å². The summed E-state index contributed by atoms with van der Waals surface area (Å²) in [5.41, 5.74) is 2.28. The summed E-state index contributed by atoms with van der Waals surface area (Å²) in [6.07, 6.45) is 1.79. The van der Waals surface area contributed by atoms with E-state index in [1.165, 1.54) is 0 Å². The van der Waals surface area contributed by atoms with Gasteiger partial charge in [0, 0.05) is 5.57 Å². The van der Waals surface area contributed by atoms with Gasteiger partial charge in [0.1, 0.15) is 0 Å². The maximum Gasteiger partial charge on any atom is 0.340 e. The van der Waals surface area contributed by atoms with Crippen LogP contribution in [-0.2, 0) is 9.53 Å². The Kier molecular flexibility index (Phi) is 5.69. The number of rotatable bonds is 5. The molecule has 0 atom stereocenters. The molecule has 1 N–H and O–H groups in total. The monoisotopic (exact) mass is 309 g/mol. The van der Waals surface area contributed by atoms with Crippen LogP contribution in [0.15, 0.2) is 60.2 Å². The number of benzene rings is 2. The molecule has 0 aliphatic rings. The van der Waals surface area contributed by atoms with Gasteiger partial charge in [-0.25, -0.2) is 4.79 Å². The molecule has 2 aromatic carbocycles. The average Bonchev–Trinajstić information content (AvgIpc) is 2.56. The van der Waals surface area contributed by atoms with Gasteiger partial charge in [0.25, 0.3) is 5.91 Å². The lowest BCUT2D eigenvalue weighted by molar-refractivity contribution is -0.112. The van der Waals surface area contributed by atoms with Gasteiger partial charge >= 0.3 is 5.97 Å². The maximum absolute atomic E-state index is 12.3. The Bertz CT molecular complexity index is 720. The fourth-order valence-electron chi connectivity index (χ4n) is 2.06. The van der Waals surface area contributed by atoms with Crippen LogP contribution in [0.25, 0.3) is 6.08 Å². The number of carbonyl (C=O) groups excluding carboxylic acids is 2. The first kappa shape index (κ1) is 16.5. The van der Waals surface area contributed by atoms with E-state index < -0.39 is 5.97 Å². The second-order valence-corrected chi connectivity index (χ2v) is 4.96. The quantitative estimate of drug-likeness (QED) is 0.673.